The van der Waals surface area contributed by atoms with E-state index in [9.17, 15) is 0 Å². The van der Waals surface area contributed by atoms with E-state index < -0.39 is 0 Å². The van der Waals surface area contributed by atoms with E-state index in [-0.39, 0.29) is 0 Å². The number of rotatable bonds is 4. The van der Waals surface area contributed by atoms with Crippen LogP contribution in [0.5, 0.6) is 0 Å². The Hall–Kier alpha value is -0.640. The van der Waals surface area contributed by atoms with Gasteiger partial charge in [-0.1, -0.05) is 17.7 Å². The molecule has 1 saturated heterocycles. The molecule has 0 unspecified atom stereocenters. The molecule has 0 spiro atoms. The van der Waals surface area contributed by atoms with Crippen LogP contribution in [0.15, 0.2) is 18.3 Å². The Morgan fingerprint density at radius 2 is 2.18 bits per heavy atom. The third-order valence-electron chi connectivity index (χ3n) is 3.27. The Labute approximate surface area is 108 Å². The summed E-state index contributed by atoms with van der Waals surface area (Å²) in [5, 5.41) is 3.97. The number of nitrogens with zero attached hydrogens (tertiary/aromatic N) is 2. The maximum Gasteiger partial charge on any atom is 0.129 e. The van der Waals surface area contributed by atoms with Gasteiger partial charge in [0.15, 0.2) is 0 Å². The van der Waals surface area contributed by atoms with E-state index in [1.54, 1.807) is 0 Å². The summed E-state index contributed by atoms with van der Waals surface area (Å²) in [5.74, 6) is 0.835. The van der Waals surface area contributed by atoms with Crippen molar-refractivity contribution < 1.29 is 0 Å². The molecule has 0 atom stereocenters. The van der Waals surface area contributed by atoms with Crippen LogP contribution in [0.4, 0.5) is 0 Å². The second-order valence-corrected chi connectivity index (χ2v) is 5.27. The van der Waals surface area contributed by atoms with Crippen LogP contribution in [0.2, 0.25) is 5.15 Å². The lowest BCUT2D eigenvalue weighted by Crippen LogP contribution is -2.34. The Kier molecular flexibility index (Phi) is 4.77. The smallest absolute Gasteiger partial charge is 0.129 e. The first-order valence-corrected chi connectivity index (χ1v) is 6.61. The van der Waals surface area contributed by atoms with Crippen molar-refractivity contribution in [1.29, 1.82) is 0 Å². The maximum atomic E-state index is 5.77. The van der Waals surface area contributed by atoms with E-state index >= 15 is 0 Å². The quantitative estimate of drug-likeness (QED) is 0.834. The molecule has 0 aromatic carbocycles. The minimum atomic E-state index is 0.565. The van der Waals surface area contributed by atoms with Crippen molar-refractivity contribution >= 4 is 11.6 Å². The number of pyridine rings is 1. The Balaban J connectivity index is 1.79. The molecular formula is C13H20ClN3. The standard InChI is InChI=1S/C13H20ClN3/c1-17(9-11-4-6-15-7-5-11)10-12-2-3-13(14)16-8-12/h2-3,8,11,15H,4-7,9-10H2,1H3. The summed E-state index contributed by atoms with van der Waals surface area (Å²) in [6, 6.07) is 3.91. The normalized spacial score (nSPS) is 17.6. The Morgan fingerprint density at radius 3 is 2.82 bits per heavy atom. The predicted molar refractivity (Wildman–Crippen MR) is 71.2 cm³/mol. The van der Waals surface area contributed by atoms with Gasteiger partial charge in [-0.2, -0.15) is 0 Å². The van der Waals surface area contributed by atoms with Crippen LogP contribution in [0, 0.1) is 5.92 Å². The largest absolute Gasteiger partial charge is 0.317 e. The van der Waals surface area contributed by atoms with Gasteiger partial charge in [0.05, 0.1) is 0 Å². The minimum absolute atomic E-state index is 0.565. The molecule has 2 heterocycles. The fourth-order valence-electron chi connectivity index (χ4n) is 2.38. The summed E-state index contributed by atoms with van der Waals surface area (Å²) in [4.78, 5) is 6.48. The first-order valence-electron chi connectivity index (χ1n) is 6.24. The van der Waals surface area contributed by atoms with Crippen LogP contribution in [-0.2, 0) is 6.54 Å². The monoisotopic (exact) mass is 253 g/mol. The van der Waals surface area contributed by atoms with Crippen molar-refractivity contribution in [1.82, 2.24) is 15.2 Å². The van der Waals surface area contributed by atoms with Gasteiger partial charge in [-0.15, -0.1) is 0 Å². The summed E-state index contributed by atoms with van der Waals surface area (Å²) in [6.07, 6.45) is 4.45. The molecule has 0 saturated carbocycles. The highest BCUT2D eigenvalue weighted by Crippen LogP contribution is 2.14. The fourth-order valence-corrected chi connectivity index (χ4v) is 2.49. The lowest BCUT2D eigenvalue weighted by atomic mass is 9.97. The van der Waals surface area contributed by atoms with Gasteiger partial charge in [0, 0.05) is 19.3 Å². The van der Waals surface area contributed by atoms with Gasteiger partial charge in [0.1, 0.15) is 5.15 Å². The topological polar surface area (TPSA) is 28.2 Å². The molecule has 1 N–H and O–H groups in total. The van der Waals surface area contributed by atoms with E-state index in [0.29, 0.717) is 5.15 Å². The van der Waals surface area contributed by atoms with Crippen LogP contribution >= 0.6 is 11.6 Å². The number of piperidine rings is 1. The second kappa shape index (κ2) is 6.34. The highest BCUT2D eigenvalue weighted by Gasteiger charge is 2.14. The zero-order valence-electron chi connectivity index (χ0n) is 10.3. The molecule has 0 aliphatic carbocycles. The van der Waals surface area contributed by atoms with Gasteiger partial charge in [-0.3, -0.25) is 0 Å². The van der Waals surface area contributed by atoms with Gasteiger partial charge in [0.2, 0.25) is 0 Å². The number of halogens is 1. The van der Waals surface area contributed by atoms with Crippen molar-refractivity contribution in [3.8, 4) is 0 Å². The van der Waals surface area contributed by atoms with E-state index in [1.807, 2.05) is 18.3 Å². The van der Waals surface area contributed by atoms with Crippen LogP contribution in [0.3, 0.4) is 0 Å². The van der Waals surface area contributed by atoms with Crippen molar-refractivity contribution in [3.63, 3.8) is 0 Å². The van der Waals surface area contributed by atoms with Crippen LogP contribution in [-0.4, -0.2) is 36.6 Å². The van der Waals surface area contributed by atoms with Gasteiger partial charge < -0.3 is 10.2 Å². The Bertz CT molecular complexity index is 333. The van der Waals surface area contributed by atoms with E-state index in [2.05, 4.69) is 22.2 Å². The minimum Gasteiger partial charge on any atom is -0.317 e. The highest BCUT2D eigenvalue weighted by molar-refractivity contribution is 6.29. The third-order valence-corrected chi connectivity index (χ3v) is 3.49. The average Bonchev–Trinajstić information content (AvgIpc) is 2.33. The average molecular weight is 254 g/mol. The lowest BCUT2D eigenvalue weighted by Gasteiger charge is -2.27. The molecule has 1 fully saturated rings. The van der Waals surface area contributed by atoms with Crippen LogP contribution in [0.1, 0.15) is 18.4 Å². The number of hydrogen-bond acceptors (Lipinski definition) is 3. The van der Waals surface area contributed by atoms with Crippen molar-refractivity contribution in [3.05, 3.63) is 29.0 Å². The number of aromatic nitrogens is 1. The van der Waals surface area contributed by atoms with Gasteiger partial charge >= 0.3 is 0 Å². The summed E-state index contributed by atoms with van der Waals surface area (Å²) in [6.45, 7) is 4.46. The molecule has 1 aliphatic heterocycles. The number of hydrogen-bond donors (Lipinski definition) is 1. The molecule has 1 aliphatic rings. The summed E-state index contributed by atoms with van der Waals surface area (Å²) in [7, 11) is 2.18. The number of nitrogens with one attached hydrogen (secondary N) is 1. The van der Waals surface area contributed by atoms with Gasteiger partial charge in [0.25, 0.3) is 0 Å². The van der Waals surface area contributed by atoms with Gasteiger partial charge in [-0.05, 0) is 50.5 Å². The summed E-state index contributed by atoms with van der Waals surface area (Å²) < 4.78 is 0. The summed E-state index contributed by atoms with van der Waals surface area (Å²) >= 11 is 5.77. The van der Waals surface area contributed by atoms with Gasteiger partial charge in [-0.25, -0.2) is 4.98 Å². The third kappa shape index (κ3) is 4.26. The van der Waals surface area contributed by atoms with Crippen molar-refractivity contribution in [2.24, 2.45) is 5.92 Å². The molecule has 17 heavy (non-hydrogen) atoms. The summed E-state index contributed by atoms with van der Waals surface area (Å²) in [5.41, 5.74) is 1.23. The van der Waals surface area contributed by atoms with E-state index in [4.69, 9.17) is 11.6 Å². The molecule has 3 nitrogen and oxygen atoms in total. The molecule has 0 amide bonds. The zero-order valence-corrected chi connectivity index (χ0v) is 11.1. The van der Waals surface area contributed by atoms with Crippen molar-refractivity contribution in [2.75, 3.05) is 26.7 Å². The molecule has 1 aromatic rings. The first-order chi connectivity index (χ1) is 8.24. The SMILES string of the molecule is CN(Cc1ccc(Cl)nc1)CC1CCNCC1. The fraction of sp³-hybridized carbons (Fsp3) is 0.615. The molecule has 0 radical (unpaired) electrons. The molecular weight excluding hydrogens is 234 g/mol. The molecule has 4 heteroatoms. The molecule has 94 valence electrons. The van der Waals surface area contributed by atoms with Crippen LogP contribution in [0.25, 0.3) is 0 Å². The lowest BCUT2D eigenvalue weighted by molar-refractivity contribution is 0.234. The first kappa shape index (κ1) is 12.8. The van der Waals surface area contributed by atoms with Crippen molar-refractivity contribution in [2.45, 2.75) is 19.4 Å². The van der Waals surface area contributed by atoms with Crippen LogP contribution < -0.4 is 5.32 Å². The molecule has 1 aromatic heterocycles. The van der Waals surface area contributed by atoms with E-state index in [0.717, 1.165) is 12.5 Å². The maximum absolute atomic E-state index is 5.77. The Morgan fingerprint density at radius 1 is 1.41 bits per heavy atom. The highest BCUT2D eigenvalue weighted by atomic mass is 35.5. The predicted octanol–water partition coefficient (Wildman–Crippen LogP) is 2.17. The van der Waals surface area contributed by atoms with E-state index in [1.165, 1.54) is 38.0 Å². The zero-order chi connectivity index (χ0) is 12.1. The molecule has 2 rings (SSSR count). The second-order valence-electron chi connectivity index (χ2n) is 4.88. The molecule has 0 bridgehead atoms.